The number of nitrogen functional groups attached to an aromatic ring is 1. The highest BCUT2D eigenvalue weighted by molar-refractivity contribution is 9.10. The molecule has 0 bridgehead atoms. The van der Waals surface area contributed by atoms with E-state index in [1.54, 1.807) is 36.4 Å². The summed E-state index contributed by atoms with van der Waals surface area (Å²) in [6.07, 6.45) is 0. The third-order valence-corrected chi connectivity index (χ3v) is 3.39. The number of carbonyl (C=O) groups excluding carboxylic acids is 2. The van der Waals surface area contributed by atoms with Gasteiger partial charge in [0.15, 0.2) is 0 Å². The summed E-state index contributed by atoms with van der Waals surface area (Å²) in [5.74, 6) is 9.90. The first-order chi connectivity index (χ1) is 10.0. The molecular formula is C14H13BrN4O2. The molecule has 7 heteroatoms. The molecule has 0 radical (unpaired) electrons. The molecule has 5 N–H and O–H groups in total. The van der Waals surface area contributed by atoms with Gasteiger partial charge in [-0.2, -0.15) is 0 Å². The SMILES string of the molecule is NNC(=O)c1ccccc1C(=O)N(N)c1ccc(Br)cc1. The van der Waals surface area contributed by atoms with E-state index >= 15 is 0 Å². The maximum absolute atomic E-state index is 12.4. The Kier molecular flexibility index (Phi) is 4.69. The Hall–Kier alpha value is -2.22. The third-order valence-electron chi connectivity index (χ3n) is 2.86. The molecule has 0 spiro atoms. The highest BCUT2D eigenvalue weighted by Gasteiger charge is 2.20. The average Bonchev–Trinajstić information content (AvgIpc) is 2.53. The van der Waals surface area contributed by atoms with Crippen LogP contribution in [0.5, 0.6) is 0 Å². The van der Waals surface area contributed by atoms with Crippen LogP contribution in [0.15, 0.2) is 53.0 Å². The summed E-state index contributed by atoms with van der Waals surface area (Å²) in [5, 5.41) is 0.981. The lowest BCUT2D eigenvalue weighted by atomic mass is 10.1. The van der Waals surface area contributed by atoms with E-state index in [0.717, 1.165) is 9.48 Å². The van der Waals surface area contributed by atoms with E-state index in [0.29, 0.717) is 5.69 Å². The molecule has 0 fully saturated rings. The lowest BCUT2D eigenvalue weighted by Gasteiger charge is -2.18. The number of benzene rings is 2. The predicted octanol–water partition coefficient (Wildman–Crippen LogP) is 1.57. The number of halogens is 1. The second-order valence-corrected chi connectivity index (χ2v) is 5.09. The molecule has 2 aromatic carbocycles. The summed E-state index contributed by atoms with van der Waals surface area (Å²) in [7, 11) is 0. The molecule has 0 aromatic heterocycles. The van der Waals surface area contributed by atoms with E-state index in [9.17, 15) is 9.59 Å². The van der Waals surface area contributed by atoms with Crippen LogP contribution in [-0.2, 0) is 0 Å². The molecule has 108 valence electrons. The zero-order chi connectivity index (χ0) is 15.4. The molecule has 0 aliphatic heterocycles. The van der Waals surface area contributed by atoms with Gasteiger partial charge in [-0.05, 0) is 36.4 Å². The van der Waals surface area contributed by atoms with Gasteiger partial charge < -0.3 is 0 Å². The number of rotatable bonds is 3. The molecule has 2 aromatic rings. The van der Waals surface area contributed by atoms with Crippen molar-refractivity contribution < 1.29 is 9.59 Å². The number of nitrogens with zero attached hydrogens (tertiary/aromatic N) is 1. The van der Waals surface area contributed by atoms with Crippen LogP contribution in [-0.4, -0.2) is 11.8 Å². The van der Waals surface area contributed by atoms with E-state index < -0.39 is 11.8 Å². The molecule has 0 atom stereocenters. The van der Waals surface area contributed by atoms with Crippen molar-refractivity contribution >= 4 is 33.4 Å². The number of hydrogen-bond acceptors (Lipinski definition) is 4. The van der Waals surface area contributed by atoms with Crippen LogP contribution in [0.2, 0.25) is 0 Å². The number of hydrazine groups is 2. The lowest BCUT2D eigenvalue weighted by Crippen LogP contribution is -2.39. The van der Waals surface area contributed by atoms with Crippen LogP contribution in [0, 0.1) is 0 Å². The Morgan fingerprint density at radius 2 is 1.57 bits per heavy atom. The van der Waals surface area contributed by atoms with E-state index in [1.807, 2.05) is 5.43 Å². The molecule has 0 saturated heterocycles. The number of carbonyl (C=O) groups is 2. The van der Waals surface area contributed by atoms with E-state index in [1.165, 1.54) is 12.1 Å². The minimum absolute atomic E-state index is 0.164. The van der Waals surface area contributed by atoms with E-state index in [-0.39, 0.29) is 11.1 Å². The molecular weight excluding hydrogens is 336 g/mol. The average molecular weight is 349 g/mol. The van der Waals surface area contributed by atoms with Gasteiger partial charge in [0.2, 0.25) is 0 Å². The second kappa shape index (κ2) is 6.49. The zero-order valence-corrected chi connectivity index (χ0v) is 12.5. The fraction of sp³-hybridized carbons (Fsp3) is 0. The van der Waals surface area contributed by atoms with Crippen molar-refractivity contribution in [3.8, 4) is 0 Å². The van der Waals surface area contributed by atoms with Crippen molar-refractivity contribution in [2.24, 2.45) is 11.7 Å². The molecule has 0 unspecified atom stereocenters. The number of anilines is 1. The van der Waals surface area contributed by atoms with Gasteiger partial charge in [-0.25, -0.2) is 16.7 Å². The summed E-state index contributed by atoms with van der Waals surface area (Å²) in [6.45, 7) is 0. The molecule has 2 amide bonds. The Labute approximate surface area is 129 Å². The van der Waals surface area contributed by atoms with Crippen molar-refractivity contribution in [3.63, 3.8) is 0 Å². The van der Waals surface area contributed by atoms with Crippen molar-refractivity contribution in [1.29, 1.82) is 0 Å². The molecule has 0 saturated carbocycles. The van der Waals surface area contributed by atoms with Gasteiger partial charge in [0.1, 0.15) is 0 Å². The number of amides is 2. The molecule has 0 heterocycles. The smallest absolute Gasteiger partial charge is 0.273 e. The van der Waals surface area contributed by atoms with Gasteiger partial charge in [-0.15, -0.1) is 0 Å². The third kappa shape index (κ3) is 3.27. The molecule has 0 aliphatic rings. The molecule has 21 heavy (non-hydrogen) atoms. The van der Waals surface area contributed by atoms with Gasteiger partial charge in [0.25, 0.3) is 11.8 Å². The first kappa shape index (κ1) is 15.2. The van der Waals surface area contributed by atoms with Gasteiger partial charge in [0, 0.05) is 4.47 Å². The zero-order valence-electron chi connectivity index (χ0n) is 10.9. The van der Waals surface area contributed by atoms with Crippen molar-refractivity contribution in [3.05, 3.63) is 64.1 Å². The Balaban J connectivity index is 2.36. The summed E-state index contributed by atoms with van der Waals surface area (Å²) < 4.78 is 0.870. The quantitative estimate of drug-likeness (QED) is 0.445. The van der Waals surface area contributed by atoms with Gasteiger partial charge in [-0.1, -0.05) is 28.1 Å². The van der Waals surface area contributed by atoms with Crippen molar-refractivity contribution in [1.82, 2.24) is 5.43 Å². The van der Waals surface area contributed by atoms with Gasteiger partial charge in [-0.3, -0.25) is 15.0 Å². The highest BCUT2D eigenvalue weighted by atomic mass is 79.9. The number of hydrogen-bond donors (Lipinski definition) is 3. The van der Waals surface area contributed by atoms with Gasteiger partial charge in [0.05, 0.1) is 16.8 Å². The molecule has 6 nitrogen and oxygen atoms in total. The van der Waals surface area contributed by atoms with Crippen molar-refractivity contribution in [2.75, 3.05) is 5.01 Å². The Bertz CT molecular complexity index is 673. The van der Waals surface area contributed by atoms with Crippen LogP contribution in [0.1, 0.15) is 20.7 Å². The minimum atomic E-state index is -0.553. The Morgan fingerprint density at radius 3 is 2.14 bits per heavy atom. The topological polar surface area (TPSA) is 101 Å². The van der Waals surface area contributed by atoms with Gasteiger partial charge >= 0.3 is 0 Å². The fourth-order valence-electron chi connectivity index (χ4n) is 1.79. The lowest BCUT2D eigenvalue weighted by molar-refractivity contribution is 0.0933. The van der Waals surface area contributed by atoms with Crippen molar-refractivity contribution in [2.45, 2.75) is 0 Å². The first-order valence-electron chi connectivity index (χ1n) is 5.99. The largest absolute Gasteiger partial charge is 0.290 e. The van der Waals surface area contributed by atoms with Crippen LogP contribution < -0.4 is 22.1 Å². The second-order valence-electron chi connectivity index (χ2n) is 4.17. The van der Waals surface area contributed by atoms with Crippen LogP contribution >= 0.6 is 15.9 Å². The summed E-state index contributed by atoms with van der Waals surface area (Å²) >= 11 is 3.31. The normalized spacial score (nSPS) is 10.0. The number of nitrogens with one attached hydrogen (secondary N) is 1. The maximum Gasteiger partial charge on any atom is 0.273 e. The van der Waals surface area contributed by atoms with Crippen LogP contribution in [0.25, 0.3) is 0 Å². The number of nitrogens with two attached hydrogens (primary N) is 2. The standard InChI is InChI=1S/C14H13BrN4O2/c15-9-5-7-10(8-6-9)19(17)14(21)12-4-2-1-3-11(12)13(20)18-16/h1-8H,16-17H2,(H,18,20). The van der Waals surface area contributed by atoms with Crippen LogP contribution in [0.4, 0.5) is 5.69 Å². The van der Waals surface area contributed by atoms with Crippen LogP contribution in [0.3, 0.4) is 0 Å². The first-order valence-corrected chi connectivity index (χ1v) is 6.78. The minimum Gasteiger partial charge on any atom is -0.290 e. The monoisotopic (exact) mass is 348 g/mol. The molecule has 2 rings (SSSR count). The molecule has 0 aliphatic carbocycles. The van der Waals surface area contributed by atoms with E-state index in [4.69, 9.17) is 11.7 Å². The summed E-state index contributed by atoms with van der Waals surface area (Å²) in [5.41, 5.74) is 2.85. The predicted molar refractivity (Wildman–Crippen MR) is 83.2 cm³/mol. The summed E-state index contributed by atoms with van der Waals surface area (Å²) in [6, 6.07) is 13.2. The summed E-state index contributed by atoms with van der Waals surface area (Å²) in [4.78, 5) is 24.1. The highest BCUT2D eigenvalue weighted by Crippen LogP contribution is 2.19. The Morgan fingerprint density at radius 1 is 1.00 bits per heavy atom. The van der Waals surface area contributed by atoms with E-state index in [2.05, 4.69) is 15.9 Å². The maximum atomic E-state index is 12.4. The fourth-order valence-corrected chi connectivity index (χ4v) is 2.06.